The molecule has 1 N–H and O–H groups in total. The number of rotatable bonds is 0. The Morgan fingerprint density at radius 2 is 2.50 bits per heavy atom. The van der Waals surface area contributed by atoms with Crippen LogP contribution in [-0.2, 0) is 0 Å². The number of hydrogen-bond donors (Lipinski definition) is 1. The van der Waals surface area contributed by atoms with Gasteiger partial charge in [-0.1, -0.05) is 11.8 Å². The van der Waals surface area contributed by atoms with Crippen LogP contribution >= 0.6 is 11.8 Å². The largest absolute Gasteiger partial charge is 0.272 e. The third-order valence-corrected chi connectivity index (χ3v) is 2.95. The highest BCUT2D eigenvalue weighted by Crippen LogP contribution is 2.46. The molecule has 0 aromatic heterocycles. The molecule has 1 fully saturated rings. The first-order chi connectivity index (χ1) is 4.85. The summed E-state index contributed by atoms with van der Waals surface area (Å²) in [6.07, 6.45) is 4.28. The van der Waals surface area contributed by atoms with Crippen molar-refractivity contribution in [3.8, 4) is 6.19 Å². The summed E-state index contributed by atoms with van der Waals surface area (Å²) in [5.41, 5.74) is 0.254. The summed E-state index contributed by atoms with van der Waals surface area (Å²) in [7, 11) is 0. The third kappa shape index (κ3) is 0.868. The number of nitrogens with zero attached hydrogens (tertiary/aromatic N) is 2. The summed E-state index contributed by atoms with van der Waals surface area (Å²) in [5.74, 6) is 1.07. The molecule has 0 bridgehead atoms. The normalized spacial score (nSPS) is 25.7. The van der Waals surface area contributed by atoms with Gasteiger partial charge in [-0.25, -0.2) is 0 Å². The molecule has 0 atom stereocenters. The quantitative estimate of drug-likeness (QED) is 0.411. The Hall–Kier alpha value is -0.690. The molecular formula is C6H7N3S. The maximum atomic E-state index is 8.26. The van der Waals surface area contributed by atoms with Crippen LogP contribution in [0.2, 0.25) is 0 Å². The summed E-state index contributed by atoms with van der Waals surface area (Å²) >= 11 is 1.65. The lowest BCUT2D eigenvalue weighted by Gasteiger charge is -1.93. The van der Waals surface area contributed by atoms with Gasteiger partial charge in [-0.15, -0.1) is 0 Å². The van der Waals surface area contributed by atoms with Gasteiger partial charge in [0.2, 0.25) is 0 Å². The van der Waals surface area contributed by atoms with Crippen molar-refractivity contribution in [3.05, 3.63) is 0 Å². The van der Waals surface area contributed by atoms with Crippen molar-refractivity contribution in [2.45, 2.75) is 18.4 Å². The molecule has 2 rings (SSSR count). The lowest BCUT2D eigenvalue weighted by molar-refractivity contribution is 0.790. The highest BCUT2D eigenvalue weighted by molar-refractivity contribution is 8.14. The summed E-state index contributed by atoms with van der Waals surface area (Å²) < 4.78 is 0. The summed E-state index contributed by atoms with van der Waals surface area (Å²) in [6.45, 7) is 0. The zero-order valence-corrected chi connectivity index (χ0v) is 6.24. The Morgan fingerprint density at radius 1 is 1.70 bits per heavy atom. The number of nitrogens with one attached hydrogen (secondary N) is 1. The van der Waals surface area contributed by atoms with Crippen molar-refractivity contribution in [2.24, 2.45) is 4.99 Å². The predicted octanol–water partition coefficient (Wildman–Crippen LogP) is 0.692. The Kier molecular flexibility index (Phi) is 1.15. The SMILES string of the molecule is N#CNC1=NC2(CC2)CS1. The Balaban J connectivity index is 2.06. The minimum Gasteiger partial charge on any atom is -0.272 e. The first-order valence-corrected chi connectivity index (χ1v) is 4.21. The summed E-state index contributed by atoms with van der Waals surface area (Å²) in [6, 6.07) is 0. The van der Waals surface area contributed by atoms with E-state index >= 15 is 0 Å². The topological polar surface area (TPSA) is 48.2 Å². The monoisotopic (exact) mass is 153 g/mol. The molecule has 2 aliphatic rings. The van der Waals surface area contributed by atoms with Crippen LogP contribution in [0.1, 0.15) is 12.8 Å². The van der Waals surface area contributed by atoms with Gasteiger partial charge in [0.05, 0.1) is 5.54 Å². The van der Waals surface area contributed by atoms with Gasteiger partial charge in [0.25, 0.3) is 0 Å². The first kappa shape index (κ1) is 6.05. The molecule has 0 unspecified atom stereocenters. The van der Waals surface area contributed by atoms with Crippen LogP contribution in [0, 0.1) is 11.5 Å². The van der Waals surface area contributed by atoms with Gasteiger partial charge in [0.1, 0.15) is 0 Å². The highest BCUT2D eigenvalue weighted by atomic mass is 32.2. The molecule has 0 saturated heterocycles. The van der Waals surface area contributed by atoms with Crippen molar-refractivity contribution in [2.75, 3.05) is 5.75 Å². The van der Waals surface area contributed by atoms with E-state index in [1.807, 2.05) is 6.19 Å². The van der Waals surface area contributed by atoms with Gasteiger partial charge in [0.15, 0.2) is 11.4 Å². The van der Waals surface area contributed by atoms with Gasteiger partial charge in [-0.3, -0.25) is 10.3 Å². The van der Waals surface area contributed by atoms with E-state index in [-0.39, 0.29) is 5.54 Å². The highest BCUT2D eigenvalue weighted by Gasteiger charge is 2.46. The van der Waals surface area contributed by atoms with Gasteiger partial charge in [-0.2, -0.15) is 5.26 Å². The van der Waals surface area contributed by atoms with Crippen molar-refractivity contribution in [1.29, 1.82) is 5.26 Å². The molecule has 1 aliphatic heterocycles. The number of hydrogen-bond acceptors (Lipinski definition) is 4. The first-order valence-electron chi connectivity index (χ1n) is 3.22. The van der Waals surface area contributed by atoms with E-state index in [9.17, 15) is 0 Å². The van der Waals surface area contributed by atoms with Gasteiger partial charge >= 0.3 is 0 Å². The van der Waals surface area contributed by atoms with Crippen molar-refractivity contribution in [1.82, 2.24) is 5.32 Å². The molecular weight excluding hydrogens is 146 g/mol. The fourth-order valence-corrected chi connectivity index (χ4v) is 2.13. The molecule has 1 spiro atoms. The standard InChI is InChI=1S/C6H7N3S/c7-4-8-5-9-6(1-2-6)3-10-5/h1-3H2,(H,8,9). The average Bonchev–Trinajstić information content (AvgIpc) is 2.52. The third-order valence-electron chi connectivity index (χ3n) is 1.81. The lowest BCUT2D eigenvalue weighted by Crippen LogP contribution is -2.10. The Morgan fingerprint density at radius 3 is 3.00 bits per heavy atom. The van der Waals surface area contributed by atoms with Crippen molar-refractivity contribution < 1.29 is 0 Å². The molecule has 3 nitrogen and oxygen atoms in total. The second-order valence-corrected chi connectivity index (χ2v) is 3.63. The molecule has 0 aromatic rings. The maximum Gasteiger partial charge on any atom is 0.183 e. The van der Waals surface area contributed by atoms with Crippen LogP contribution in [0.3, 0.4) is 0 Å². The van der Waals surface area contributed by atoms with Crippen LogP contribution in [0.5, 0.6) is 0 Å². The molecule has 4 heteroatoms. The van der Waals surface area contributed by atoms with Gasteiger partial charge < -0.3 is 0 Å². The molecule has 1 aliphatic carbocycles. The zero-order chi connectivity index (χ0) is 7.03. The number of amidine groups is 1. The van der Waals surface area contributed by atoms with Crippen LogP contribution in [0.25, 0.3) is 0 Å². The second-order valence-electron chi connectivity index (χ2n) is 2.67. The predicted molar refractivity (Wildman–Crippen MR) is 40.6 cm³/mol. The zero-order valence-electron chi connectivity index (χ0n) is 5.42. The minimum atomic E-state index is 0.254. The molecule has 1 heterocycles. The van der Waals surface area contributed by atoms with Crippen molar-refractivity contribution >= 4 is 16.9 Å². The smallest absolute Gasteiger partial charge is 0.183 e. The van der Waals surface area contributed by atoms with E-state index in [0.29, 0.717) is 0 Å². The van der Waals surface area contributed by atoms with E-state index < -0.39 is 0 Å². The molecule has 10 heavy (non-hydrogen) atoms. The Labute approximate surface area is 63.5 Å². The molecule has 0 radical (unpaired) electrons. The summed E-state index contributed by atoms with van der Waals surface area (Å²) in [5, 5.41) is 11.6. The van der Waals surface area contributed by atoms with E-state index in [2.05, 4.69) is 10.3 Å². The number of thioether (sulfide) groups is 1. The number of aliphatic imine (C=N–C) groups is 1. The molecule has 0 amide bonds. The van der Waals surface area contributed by atoms with Crippen LogP contribution in [0.15, 0.2) is 4.99 Å². The van der Waals surface area contributed by atoms with Crippen LogP contribution in [-0.4, -0.2) is 16.5 Å². The van der Waals surface area contributed by atoms with E-state index in [0.717, 1.165) is 10.9 Å². The van der Waals surface area contributed by atoms with E-state index in [1.54, 1.807) is 11.8 Å². The lowest BCUT2D eigenvalue weighted by atomic mass is 10.3. The van der Waals surface area contributed by atoms with E-state index in [1.165, 1.54) is 12.8 Å². The molecule has 52 valence electrons. The summed E-state index contributed by atoms with van der Waals surface area (Å²) in [4.78, 5) is 4.37. The van der Waals surface area contributed by atoms with Gasteiger partial charge in [-0.05, 0) is 12.8 Å². The fourth-order valence-electron chi connectivity index (χ4n) is 0.995. The number of nitriles is 1. The fraction of sp³-hybridized carbons (Fsp3) is 0.667. The van der Waals surface area contributed by atoms with Gasteiger partial charge in [0, 0.05) is 5.75 Å². The Bertz CT molecular complexity index is 224. The second kappa shape index (κ2) is 1.89. The average molecular weight is 153 g/mol. The molecule has 1 saturated carbocycles. The van der Waals surface area contributed by atoms with Crippen LogP contribution < -0.4 is 5.32 Å². The maximum absolute atomic E-state index is 8.26. The van der Waals surface area contributed by atoms with E-state index in [4.69, 9.17) is 5.26 Å². The van der Waals surface area contributed by atoms with Crippen LogP contribution in [0.4, 0.5) is 0 Å². The minimum absolute atomic E-state index is 0.254. The molecule has 0 aromatic carbocycles. The van der Waals surface area contributed by atoms with Crippen molar-refractivity contribution in [3.63, 3.8) is 0 Å².